The van der Waals surface area contributed by atoms with Crippen molar-refractivity contribution in [3.05, 3.63) is 0 Å². The van der Waals surface area contributed by atoms with Crippen LogP contribution in [0.3, 0.4) is 0 Å². The molecule has 4 saturated heterocycles. The van der Waals surface area contributed by atoms with Crippen LogP contribution in [0.1, 0.15) is 0 Å². The Labute approximate surface area is 124 Å². The van der Waals surface area contributed by atoms with Crippen molar-refractivity contribution in [2.24, 2.45) is 0 Å². The van der Waals surface area contributed by atoms with Gasteiger partial charge in [-0.1, -0.05) is 0 Å². The lowest BCUT2D eigenvalue weighted by atomic mass is 10.3. The average molecular weight is 281 g/mol. The van der Waals surface area contributed by atoms with Gasteiger partial charge >= 0.3 is 0 Å². The third-order valence-electron chi connectivity index (χ3n) is 5.26. The van der Waals surface area contributed by atoms with Gasteiger partial charge in [0.25, 0.3) is 0 Å². The number of piperazine rings is 1. The van der Waals surface area contributed by atoms with E-state index in [0.29, 0.717) is 0 Å². The van der Waals surface area contributed by atoms with Gasteiger partial charge in [0.1, 0.15) is 0 Å². The smallest absolute Gasteiger partial charge is 0.0110 e. The normalized spacial score (nSPS) is 41.2. The highest BCUT2D eigenvalue weighted by atomic mass is 15.3. The minimum absolute atomic E-state index is 1.22. The molecule has 0 saturated carbocycles. The number of fused-ring (bicyclic) bond motifs is 4. The number of nitrogens with zero attached hydrogens (tertiary/aromatic N) is 5. The van der Waals surface area contributed by atoms with E-state index in [1.165, 1.54) is 91.6 Å². The molecule has 5 heteroatoms. The molecule has 4 heterocycles. The van der Waals surface area contributed by atoms with Gasteiger partial charge in [-0.3, -0.25) is 19.6 Å². The molecular formula is C15H31N5. The molecule has 4 aliphatic heterocycles. The highest BCUT2D eigenvalue weighted by Crippen LogP contribution is 2.06. The minimum atomic E-state index is 1.22. The van der Waals surface area contributed by atoms with Crippen molar-refractivity contribution >= 4 is 0 Å². The van der Waals surface area contributed by atoms with Gasteiger partial charge in [0.15, 0.2) is 0 Å². The third-order valence-corrected chi connectivity index (χ3v) is 5.26. The fraction of sp³-hybridized carbons (Fsp3) is 1.00. The average Bonchev–Trinajstić information content (AvgIpc) is 2.54. The third kappa shape index (κ3) is 4.15. The largest absolute Gasteiger partial charge is 0.304 e. The molecule has 0 amide bonds. The predicted octanol–water partition coefficient (Wildman–Crippen LogP) is -0.833. The molecule has 0 aliphatic carbocycles. The summed E-state index contributed by atoms with van der Waals surface area (Å²) in [7, 11) is 2.27. The zero-order chi connectivity index (χ0) is 13.8. The van der Waals surface area contributed by atoms with Crippen molar-refractivity contribution in [3.63, 3.8) is 0 Å². The first kappa shape index (κ1) is 14.7. The van der Waals surface area contributed by atoms with Crippen LogP contribution in [-0.2, 0) is 0 Å². The fourth-order valence-corrected chi connectivity index (χ4v) is 3.49. The second-order valence-electron chi connectivity index (χ2n) is 6.67. The SMILES string of the molecule is CN1CCN2CCN(CC1)CCN1CCN(CC2)CC1. The van der Waals surface area contributed by atoms with Gasteiger partial charge in [-0.15, -0.1) is 0 Å². The second-order valence-corrected chi connectivity index (χ2v) is 6.67. The molecule has 0 aromatic rings. The van der Waals surface area contributed by atoms with Gasteiger partial charge in [0.2, 0.25) is 0 Å². The lowest BCUT2D eigenvalue weighted by molar-refractivity contribution is 0.0950. The Morgan fingerprint density at radius 2 is 0.550 bits per heavy atom. The quantitative estimate of drug-likeness (QED) is 0.574. The topological polar surface area (TPSA) is 16.2 Å². The molecule has 2 unspecified atom stereocenters. The molecule has 20 heavy (non-hydrogen) atoms. The zero-order valence-corrected chi connectivity index (χ0v) is 13.1. The molecule has 2 atom stereocenters. The Kier molecular flexibility index (Phi) is 5.29. The van der Waals surface area contributed by atoms with Crippen LogP contribution in [0.4, 0.5) is 0 Å². The minimum Gasteiger partial charge on any atom is -0.304 e. The summed E-state index contributed by atoms with van der Waals surface area (Å²) in [6.45, 7) is 17.5. The second kappa shape index (κ2) is 7.18. The summed E-state index contributed by atoms with van der Waals surface area (Å²) in [6.07, 6.45) is 0. The first-order valence-corrected chi connectivity index (χ1v) is 8.37. The Morgan fingerprint density at radius 3 is 0.800 bits per heavy atom. The molecule has 116 valence electrons. The Bertz CT molecular complexity index is 262. The number of hydrogen-bond acceptors (Lipinski definition) is 5. The molecule has 4 rings (SSSR count). The molecule has 0 aromatic carbocycles. The van der Waals surface area contributed by atoms with E-state index in [4.69, 9.17) is 0 Å². The van der Waals surface area contributed by atoms with Crippen LogP contribution >= 0.6 is 0 Å². The van der Waals surface area contributed by atoms with Crippen molar-refractivity contribution < 1.29 is 0 Å². The van der Waals surface area contributed by atoms with E-state index in [9.17, 15) is 0 Å². The summed E-state index contributed by atoms with van der Waals surface area (Å²) in [5, 5.41) is 0. The van der Waals surface area contributed by atoms with Crippen molar-refractivity contribution in [3.8, 4) is 0 Å². The number of likely N-dealkylation sites (N-methyl/N-ethyl adjacent to an activating group) is 1. The van der Waals surface area contributed by atoms with Gasteiger partial charge in [-0.25, -0.2) is 0 Å². The molecule has 0 aromatic heterocycles. The summed E-state index contributed by atoms with van der Waals surface area (Å²) in [4.78, 5) is 13.2. The fourth-order valence-electron chi connectivity index (χ4n) is 3.49. The van der Waals surface area contributed by atoms with Gasteiger partial charge in [0.05, 0.1) is 0 Å². The first-order valence-electron chi connectivity index (χ1n) is 8.37. The summed E-state index contributed by atoms with van der Waals surface area (Å²) in [5.74, 6) is 0. The van der Waals surface area contributed by atoms with Crippen molar-refractivity contribution in [1.29, 1.82) is 0 Å². The summed E-state index contributed by atoms with van der Waals surface area (Å²) in [5.41, 5.74) is 0. The molecular weight excluding hydrogens is 250 g/mol. The zero-order valence-electron chi connectivity index (χ0n) is 13.1. The van der Waals surface area contributed by atoms with E-state index < -0.39 is 0 Å². The standard InChI is InChI=1S/C15H31N5/c1-16-2-4-17-6-7-18(5-3-16)9-11-20-14-12-19(10-8-17)13-15-20/h2-15H2,1H3. The van der Waals surface area contributed by atoms with Crippen molar-refractivity contribution in [2.45, 2.75) is 0 Å². The van der Waals surface area contributed by atoms with Gasteiger partial charge in [-0.05, 0) is 7.05 Å². The van der Waals surface area contributed by atoms with Crippen LogP contribution in [0.25, 0.3) is 0 Å². The first-order chi connectivity index (χ1) is 9.79. The van der Waals surface area contributed by atoms with E-state index in [-0.39, 0.29) is 0 Å². The van der Waals surface area contributed by atoms with Gasteiger partial charge in [-0.2, -0.15) is 0 Å². The van der Waals surface area contributed by atoms with Crippen molar-refractivity contribution in [2.75, 3.05) is 98.7 Å². The Morgan fingerprint density at radius 1 is 0.350 bits per heavy atom. The van der Waals surface area contributed by atoms with E-state index in [0.717, 1.165) is 0 Å². The Balaban J connectivity index is 1.66. The molecule has 0 N–H and O–H groups in total. The van der Waals surface area contributed by atoms with E-state index in [2.05, 4.69) is 31.5 Å². The van der Waals surface area contributed by atoms with E-state index >= 15 is 0 Å². The van der Waals surface area contributed by atoms with Crippen LogP contribution in [0.2, 0.25) is 0 Å². The lowest BCUT2D eigenvalue weighted by Gasteiger charge is -2.38. The number of hydrogen-bond donors (Lipinski definition) is 0. The van der Waals surface area contributed by atoms with Crippen LogP contribution in [0.15, 0.2) is 0 Å². The van der Waals surface area contributed by atoms with Gasteiger partial charge in [0, 0.05) is 91.6 Å². The number of rotatable bonds is 0. The molecule has 5 nitrogen and oxygen atoms in total. The summed E-state index contributed by atoms with van der Waals surface area (Å²) >= 11 is 0. The summed E-state index contributed by atoms with van der Waals surface area (Å²) < 4.78 is 0. The van der Waals surface area contributed by atoms with Crippen molar-refractivity contribution in [1.82, 2.24) is 24.5 Å². The van der Waals surface area contributed by atoms with Crippen LogP contribution in [-0.4, -0.2) is 123 Å². The predicted molar refractivity (Wildman–Crippen MR) is 83.3 cm³/mol. The maximum atomic E-state index is 2.68. The molecule has 4 bridgehead atoms. The Hall–Kier alpha value is -0.200. The van der Waals surface area contributed by atoms with Crippen LogP contribution < -0.4 is 0 Å². The van der Waals surface area contributed by atoms with Gasteiger partial charge < -0.3 is 4.90 Å². The maximum Gasteiger partial charge on any atom is 0.0110 e. The molecule has 0 radical (unpaired) electrons. The van der Waals surface area contributed by atoms with Crippen LogP contribution in [0, 0.1) is 0 Å². The lowest BCUT2D eigenvalue weighted by Crippen LogP contribution is -2.51. The highest BCUT2D eigenvalue weighted by molar-refractivity contribution is 4.78. The van der Waals surface area contributed by atoms with Crippen LogP contribution in [0.5, 0.6) is 0 Å². The summed E-state index contributed by atoms with van der Waals surface area (Å²) in [6, 6.07) is 0. The molecule has 4 aliphatic rings. The van der Waals surface area contributed by atoms with E-state index in [1.54, 1.807) is 0 Å². The van der Waals surface area contributed by atoms with E-state index in [1.807, 2.05) is 0 Å². The maximum absolute atomic E-state index is 2.68. The highest BCUT2D eigenvalue weighted by Gasteiger charge is 2.21. The molecule has 0 spiro atoms. The monoisotopic (exact) mass is 281 g/mol. The molecule has 4 fully saturated rings.